The van der Waals surface area contributed by atoms with Crippen molar-refractivity contribution in [3.05, 3.63) is 88.4 Å². The fourth-order valence-corrected chi connectivity index (χ4v) is 4.14. The van der Waals surface area contributed by atoms with E-state index >= 15 is 0 Å². The summed E-state index contributed by atoms with van der Waals surface area (Å²) in [6, 6.07) is 23.9. The first-order valence-corrected chi connectivity index (χ1v) is 12.0. The summed E-state index contributed by atoms with van der Waals surface area (Å²) >= 11 is 5.01. The molecule has 0 unspecified atom stereocenters. The topological polar surface area (TPSA) is 69.2 Å². The number of nitrogens with one attached hydrogen (secondary N) is 1. The van der Waals surface area contributed by atoms with Crippen molar-refractivity contribution in [2.24, 2.45) is 0 Å². The van der Waals surface area contributed by atoms with E-state index in [0.717, 1.165) is 32.6 Å². The molecule has 1 atom stereocenters. The molecule has 1 aliphatic rings. The molecule has 6 nitrogen and oxygen atoms in total. The second-order valence-corrected chi connectivity index (χ2v) is 8.79. The third kappa shape index (κ3) is 4.28. The van der Waals surface area contributed by atoms with Gasteiger partial charge in [0.25, 0.3) is 0 Å². The van der Waals surface area contributed by atoms with Crippen LogP contribution in [-0.4, -0.2) is 21.4 Å². The molecule has 160 valence electrons. The first-order chi connectivity index (χ1) is 15.7. The van der Waals surface area contributed by atoms with Crippen LogP contribution in [0.15, 0.2) is 82.4 Å². The third-order valence-corrected chi connectivity index (χ3v) is 6.04. The lowest BCUT2D eigenvalue weighted by Gasteiger charge is -2.22. The molecule has 1 N–H and O–H groups in total. The van der Waals surface area contributed by atoms with Crippen LogP contribution < -0.4 is 14.8 Å². The fourth-order valence-electron chi connectivity index (χ4n) is 3.47. The molecule has 1 aliphatic heterocycles. The number of fused-ring (bicyclic) bond motifs is 3. The van der Waals surface area contributed by atoms with Gasteiger partial charge in [0, 0.05) is 15.7 Å². The maximum atomic E-state index is 6.38. The Kier molecular flexibility index (Phi) is 5.96. The van der Waals surface area contributed by atoms with Gasteiger partial charge in [-0.2, -0.15) is 4.98 Å². The molecule has 8 heteroatoms. The van der Waals surface area contributed by atoms with Crippen LogP contribution in [0.25, 0.3) is 11.3 Å². The normalized spacial score (nSPS) is 14.4. The number of thioether (sulfide) groups is 1. The molecule has 0 saturated carbocycles. The van der Waals surface area contributed by atoms with Crippen molar-refractivity contribution >= 4 is 33.4 Å². The van der Waals surface area contributed by atoms with Crippen molar-refractivity contribution in [1.29, 1.82) is 0 Å². The van der Waals surface area contributed by atoms with Crippen LogP contribution in [0.3, 0.4) is 0 Å². The molecule has 0 saturated heterocycles. The minimum absolute atomic E-state index is 0.431. The number of para-hydroxylation sites is 1. The smallest absolute Gasteiger partial charge is 0.247 e. The lowest BCUT2D eigenvalue weighted by Crippen LogP contribution is -2.18. The molecule has 0 fully saturated rings. The number of ether oxygens (including phenoxy) is 2. The Morgan fingerprint density at radius 3 is 2.69 bits per heavy atom. The fraction of sp³-hybridized carbons (Fsp3) is 0.125. The van der Waals surface area contributed by atoms with Gasteiger partial charge in [-0.05, 0) is 36.1 Å². The molecule has 32 heavy (non-hydrogen) atoms. The van der Waals surface area contributed by atoms with Crippen molar-refractivity contribution in [2.45, 2.75) is 18.0 Å². The molecule has 0 radical (unpaired) electrons. The summed E-state index contributed by atoms with van der Waals surface area (Å²) in [5, 5.41) is 12.6. The molecule has 0 aliphatic carbocycles. The Morgan fingerprint density at radius 2 is 1.84 bits per heavy atom. The number of halogens is 1. The Balaban J connectivity index is 1.55. The minimum atomic E-state index is -0.535. The highest BCUT2D eigenvalue weighted by Gasteiger charge is 2.28. The van der Waals surface area contributed by atoms with E-state index in [2.05, 4.69) is 36.4 Å². The molecule has 4 aromatic rings. The average molecular weight is 507 g/mol. The van der Waals surface area contributed by atoms with Crippen molar-refractivity contribution in [3.8, 4) is 22.9 Å². The number of anilines is 1. The summed E-state index contributed by atoms with van der Waals surface area (Å²) in [6.45, 7) is 0.454. The minimum Gasteiger partial charge on any atom is -0.488 e. The van der Waals surface area contributed by atoms with E-state index in [-0.39, 0.29) is 0 Å². The summed E-state index contributed by atoms with van der Waals surface area (Å²) < 4.78 is 13.5. The molecule has 5 rings (SSSR count). The van der Waals surface area contributed by atoms with Crippen molar-refractivity contribution < 1.29 is 9.47 Å². The lowest BCUT2D eigenvalue weighted by molar-refractivity contribution is 0.214. The van der Waals surface area contributed by atoms with E-state index in [4.69, 9.17) is 9.47 Å². The van der Waals surface area contributed by atoms with Crippen LogP contribution in [0, 0.1) is 0 Å². The van der Waals surface area contributed by atoms with E-state index in [1.54, 1.807) is 0 Å². The molecule has 0 bridgehead atoms. The van der Waals surface area contributed by atoms with E-state index in [1.807, 2.05) is 79.1 Å². The molecule has 0 spiro atoms. The average Bonchev–Trinajstić information content (AvgIpc) is 3.00. The lowest BCUT2D eigenvalue weighted by atomic mass is 10.1. The van der Waals surface area contributed by atoms with Gasteiger partial charge in [0.1, 0.15) is 12.4 Å². The number of aromatic nitrogens is 3. The number of hydrogen-bond acceptors (Lipinski definition) is 7. The second kappa shape index (κ2) is 9.18. The van der Waals surface area contributed by atoms with Crippen LogP contribution in [-0.2, 0) is 6.61 Å². The van der Waals surface area contributed by atoms with Gasteiger partial charge in [0.2, 0.25) is 17.3 Å². The zero-order valence-electron chi connectivity index (χ0n) is 17.2. The summed E-state index contributed by atoms with van der Waals surface area (Å²) in [6.07, 6.45) is 1.38. The quantitative estimate of drug-likeness (QED) is 0.327. The van der Waals surface area contributed by atoms with Crippen LogP contribution >= 0.6 is 27.7 Å². The Hall–Kier alpha value is -3.10. The van der Waals surface area contributed by atoms with Gasteiger partial charge in [-0.1, -0.05) is 76.2 Å². The van der Waals surface area contributed by atoms with Gasteiger partial charge in [0.05, 0.1) is 5.56 Å². The summed E-state index contributed by atoms with van der Waals surface area (Å²) in [5.41, 5.74) is 4.32. The zero-order chi connectivity index (χ0) is 21.9. The summed E-state index contributed by atoms with van der Waals surface area (Å²) in [4.78, 5) is 4.59. The zero-order valence-corrected chi connectivity index (χ0v) is 19.6. The van der Waals surface area contributed by atoms with Crippen LogP contribution in [0.4, 0.5) is 5.69 Å². The van der Waals surface area contributed by atoms with Gasteiger partial charge >= 0.3 is 0 Å². The van der Waals surface area contributed by atoms with Gasteiger partial charge in [0.15, 0.2) is 5.69 Å². The predicted octanol–water partition coefficient (Wildman–Crippen LogP) is 6.11. The largest absolute Gasteiger partial charge is 0.488 e. The van der Waals surface area contributed by atoms with Crippen molar-refractivity contribution in [3.63, 3.8) is 0 Å². The van der Waals surface area contributed by atoms with Gasteiger partial charge in [-0.15, -0.1) is 10.2 Å². The number of benzene rings is 3. The van der Waals surface area contributed by atoms with Gasteiger partial charge < -0.3 is 14.8 Å². The monoisotopic (exact) mass is 506 g/mol. The molecule has 3 aromatic carbocycles. The van der Waals surface area contributed by atoms with E-state index < -0.39 is 6.23 Å². The first-order valence-electron chi connectivity index (χ1n) is 9.99. The molecular formula is C24H19BrN4O2S. The Morgan fingerprint density at radius 1 is 1.03 bits per heavy atom. The van der Waals surface area contributed by atoms with Crippen molar-refractivity contribution in [2.75, 3.05) is 11.6 Å². The van der Waals surface area contributed by atoms with E-state index in [0.29, 0.717) is 23.3 Å². The maximum absolute atomic E-state index is 6.38. The first kappa shape index (κ1) is 20.8. The molecule has 0 amide bonds. The van der Waals surface area contributed by atoms with Crippen molar-refractivity contribution in [1.82, 2.24) is 15.2 Å². The third-order valence-electron chi connectivity index (χ3n) is 5.01. The van der Waals surface area contributed by atoms with Gasteiger partial charge in [-0.3, -0.25) is 0 Å². The predicted molar refractivity (Wildman–Crippen MR) is 129 cm³/mol. The van der Waals surface area contributed by atoms with E-state index in [1.165, 1.54) is 11.8 Å². The van der Waals surface area contributed by atoms with Crippen LogP contribution in [0.5, 0.6) is 11.6 Å². The Bertz CT molecular complexity index is 1260. The number of hydrogen-bond donors (Lipinski definition) is 1. The molecular weight excluding hydrogens is 488 g/mol. The highest BCUT2D eigenvalue weighted by Crippen LogP contribution is 2.41. The second-order valence-electron chi connectivity index (χ2n) is 7.10. The molecule has 2 heterocycles. The van der Waals surface area contributed by atoms with E-state index in [9.17, 15) is 0 Å². The highest BCUT2D eigenvalue weighted by molar-refractivity contribution is 9.10. The van der Waals surface area contributed by atoms with Crippen LogP contribution in [0.1, 0.15) is 17.4 Å². The number of rotatable bonds is 5. The SMILES string of the molecule is CSc1nnc2c(n1)O[C@H](c1cc(Br)ccc1OCc1ccccc1)Nc1ccccc1-2. The molecule has 1 aromatic heterocycles. The summed E-state index contributed by atoms with van der Waals surface area (Å²) in [5.74, 6) is 1.16. The standard InChI is InChI=1S/C24H19BrN4O2S/c1-32-24-27-23-21(28-29-24)17-9-5-6-10-19(17)26-22(31-23)18-13-16(25)11-12-20(18)30-14-15-7-3-2-4-8-15/h2-13,22,26H,14H2,1H3/t22-/m1/s1. The van der Waals surface area contributed by atoms with Crippen LogP contribution in [0.2, 0.25) is 0 Å². The maximum Gasteiger partial charge on any atom is 0.247 e. The summed E-state index contributed by atoms with van der Waals surface area (Å²) in [7, 11) is 0. The number of nitrogens with zero attached hydrogens (tertiary/aromatic N) is 3. The van der Waals surface area contributed by atoms with Gasteiger partial charge in [-0.25, -0.2) is 0 Å². The Labute approximate surface area is 198 Å². The highest BCUT2D eigenvalue weighted by atomic mass is 79.9.